The fourth-order valence-electron chi connectivity index (χ4n) is 3.65. The van der Waals surface area contributed by atoms with Gasteiger partial charge in [-0.15, -0.1) is 24.0 Å². The zero-order valence-electron chi connectivity index (χ0n) is 17.1. The summed E-state index contributed by atoms with van der Waals surface area (Å²) in [6.07, 6.45) is 5.83. The van der Waals surface area contributed by atoms with Crippen LogP contribution in [0, 0.1) is 0 Å². The van der Waals surface area contributed by atoms with E-state index in [2.05, 4.69) is 36.3 Å². The molecule has 0 atom stereocenters. The van der Waals surface area contributed by atoms with E-state index in [0.717, 1.165) is 51.6 Å². The van der Waals surface area contributed by atoms with E-state index in [1.807, 2.05) is 0 Å². The van der Waals surface area contributed by atoms with E-state index in [0.29, 0.717) is 0 Å². The summed E-state index contributed by atoms with van der Waals surface area (Å²) in [6, 6.07) is 0. The summed E-state index contributed by atoms with van der Waals surface area (Å²) >= 11 is 0. The second kappa shape index (κ2) is 11.7. The Morgan fingerprint density at radius 3 is 2.38 bits per heavy atom. The maximum absolute atomic E-state index is 5.81. The molecular weight excluding hydrogens is 443 g/mol. The molecule has 26 heavy (non-hydrogen) atoms. The third-order valence-electron chi connectivity index (χ3n) is 5.60. The second-order valence-electron chi connectivity index (χ2n) is 7.91. The van der Waals surface area contributed by atoms with Crippen molar-refractivity contribution in [3.63, 3.8) is 0 Å². The van der Waals surface area contributed by atoms with Gasteiger partial charge in [-0.1, -0.05) is 6.42 Å². The Bertz CT molecular complexity index is 420. The lowest BCUT2D eigenvalue weighted by Gasteiger charge is -2.40. The van der Waals surface area contributed by atoms with Crippen molar-refractivity contribution in [1.82, 2.24) is 15.5 Å². The van der Waals surface area contributed by atoms with Crippen LogP contribution in [0.1, 0.15) is 52.9 Å². The van der Waals surface area contributed by atoms with Crippen LogP contribution in [0.2, 0.25) is 0 Å². The SMILES string of the molecule is CCNC(=NCC(C)(C)N1CCCCC1)NCC1(OC)CCOCC1.I. The first-order valence-electron chi connectivity index (χ1n) is 9.91. The second-order valence-corrected chi connectivity index (χ2v) is 7.91. The maximum Gasteiger partial charge on any atom is 0.191 e. The van der Waals surface area contributed by atoms with Gasteiger partial charge in [-0.3, -0.25) is 9.89 Å². The molecule has 2 rings (SSSR count). The van der Waals surface area contributed by atoms with E-state index in [1.54, 1.807) is 7.11 Å². The number of rotatable bonds is 7. The predicted octanol–water partition coefficient (Wildman–Crippen LogP) is 2.62. The van der Waals surface area contributed by atoms with Crippen LogP contribution in [0.5, 0.6) is 0 Å². The molecule has 154 valence electrons. The van der Waals surface area contributed by atoms with Crippen molar-refractivity contribution in [2.45, 2.75) is 64.0 Å². The number of hydrogen-bond donors (Lipinski definition) is 2. The van der Waals surface area contributed by atoms with Gasteiger partial charge < -0.3 is 20.1 Å². The van der Waals surface area contributed by atoms with Gasteiger partial charge in [0.05, 0.1) is 12.1 Å². The first-order valence-corrected chi connectivity index (χ1v) is 9.91. The van der Waals surface area contributed by atoms with Gasteiger partial charge in [0.2, 0.25) is 0 Å². The van der Waals surface area contributed by atoms with Crippen LogP contribution in [0.3, 0.4) is 0 Å². The topological polar surface area (TPSA) is 58.1 Å². The van der Waals surface area contributed by atoms with Crippen LogP contribution < -0.4 is 10.6 Å². The zero-order valence-corrected chi connectivity index (χ0v) is 19.4. The quantitative estimate of drug-likeness (QED) is 0.332. The molecule has 0 bridgehead atoms. The standard InChI is InChI=1S/C19H38N4O2.HI/c1-5-20-17(22-16-19(24-4)9-13-25-14-10-19)21-15-18(2,3)23-11-7-6-8-12-23;/h5-16H2,1-4H3,(H2,20,21,22);1H. The summed E-state index contributed by atoms with van der Waals surface area (Å²) in [5.41, 5.74) is -0.0444. The van der Waals surface area contributed by atoms with Crippen LogP contribution in [0.25, 0.3) is 0 Å². The highest BCUT2D eigenvalue weighted by Crippen LogP contribution is 2.24. The van der Waals surface area contributed by atoms with Gasteiger partial charge in [-0.2, -0.15) is 0 Å². The van der Waals surface area contributed by atoms with Gasteiger partial charge in [0, 0.05) is 51.8 Å². The van der Waals surface area contributed by atoms with Gasteiger partial charge in [-0.25, -0.2) is 0 Å². The van der Waals surface area contributed by atoms with E-state index < -0.39 is 0 Å². The summed E-state index contributed by atoms with van der Waals surface area (Å²) in [4.78, 5) is 7.46. The van der Waals surface area contributed by atoms with Crippen LogP contribution in [0.4, 0.5) is 0 Å². The van der Waals surface area contributed by atoms with Gasteiger partial charge >= 0.3 is 0 Å². The van der Waals surface area contributed by atoms with Gasteiger partial charge in [-0.05, 0) is 46.7 Å². The van der Waals surface area contributed by atoms with Gasteiger partial charge in [0.1, 0.15) is 0 Å². The first kappa shape index (κ1) is 23.9. The highest BCUT2D eigenvalue weighted by atomic mass is 127. The molecule has 2 saturated heterocycles. The largest absolute Gasteiger partial charge is 0.381 e. The minimum Gasteiger partial charge on any atom is -0.381 e. The Kier molecular flexibility index (Phi) is 10.7. The average Bonchev–Trinajstić information content (AvgIpc) is 2.65. The van der Waals surface area contributed by atoms with Crippen LogP contribution >= 0.6 is 24.0 Å². The van der Waals surface area contributed by atoms with E-state index >= 15 is 0 Å². The van der Waals surface area contributed by atoms with Crippen molar-refractivity contribution < 1.29 is 9.47 Å². The molecule has 0 radical (unpaired) electrons. The molecule has 2 N–H and O–H groups in total. The van der Waals surface area contributed by atoms with Crippen LogP contribution in [0.15, 0.2) is 4.99 Å². The number of hydrogen-bond acceptors (Lipinski definition) is 4. The van der Waals surface area contributed by atoms with Crippen LogP contribution in [-0.2, 0) is 9.47 Å². The summed E-state index contributed by atoms with van der Waals surface area (Å²) < 4.78 is 11.3. The van der Waals surface area contributed by atoms with Crippen LogP contribution in [-0.4, -0.2) is 75.0 Å². The average molecular weight is 482 g/mol. The number of ether oxygens (including phenoxy) is 2. The van der Waals surface area contributed by atoms with Crippen molar-refractivity contribution in [1.29, 1.82) is 0 Å². The third kappa shape index (κ3) is 7.13. The van der Waals surface area contributed by atoms with E-state index in [1.165, 1.54) is 32.4 Å². The van der Waals surface area contributed by atoms with Crippen molar-refractivity contribution >= 4 is 29.9 Å². The lowest BCUT2D eigenvalue weighted by atomic mass is 9.94. The number of guanidine groups is 1. The highest BCUT2D eigenvalue weighted by Gasteiger charge is 2.33. The fraction of sp³-hybridized carbons (Fsp3) is 0.947. The van der Waals surface area contributed by atoms with Crippen molar-refractivity contribution in [2.75, 3.05) is 53.0 Å². The van der Waals surface area contributed by atoms with Crippen molar-refractivity contribution in [3.05, 3.63) is 0 Å². The number of nitrogens with zero attached hydrogens (tertiary/aromatic N) is 2. The molecule has 2 fully saturated rings. The molecule has 0 aromatic rings. The number of aliphatic imine (C=N–C) groups is 1. The van der Waals surface area contributed by atoms with Gasteiger partial charge in [0.15, 0.2) is 5.96 Å². The maximum atomic E-state index is 5.81. The lowest BCUT2D eigenvalue weighted by molar-refractivity contribution is -0.0855. The molecule has 2 aliphatic heterocycles. The number of likely N-dealkylation sites (tertiary alicyclic amines) is 1. The molecule has 0 aromatic carbocycles. The molecule has 0 unspecified atom stereocenters. The Hall–Kier alpha value is -0.120. The van der Waals surface area contributed by atoms with E-state index in [9.17, 15) is 0 Å². The molecule has 0 spiro atoms. The molecular formula is C19H39IN4O2. The minimum absolute atomic E-state index is 0. The molecule has 2 heterocycles. The number of nitrogens with one attached hydrogen (secondary N) is 2. The summed E-state index contributed by atoms with van der Waals surface area (Å²) in [6.45, 7) is 13.1. The first-order chi connectivity index (χ1) is 12.0. The van der Waals surface area contributed by atoms with Crippen molar-refractivity contribution in [2.24, 2.45) is 4.99 Å². The molecule has 7 heteroatoms. The monoisotopic (exact) mass is 482 g/mol. The summed E-state index contributed by atoms with van der Waals surface area (Å²) in [7, 11) is 1.80. The van der Waals surface area contributed by atoms with Gasteiger partial charge in [0.25, 0.3) is 0 Å². The Morgan fingerprint density at radius 2 is 1.81 bits per heavy atom. The Labute approximate surface area is 176 Å². The molecule has 0 aliphatic carbocycles. The number of methoxy groups -OCH3 is 1. The van der Waals surface area contributed by atoms with Crippen molar-refractivity contribution in [3.8, 4) is 0 Å². The Balaban J connectivity index is 0.00000338. The molecule has 2 aliphatic rings. The minimum atomic E-state index is -0.142. The zero-order chi connectivity index (χ0) is 18.2. The smallest absolute Gasteiger partial charge is 0.191 e. The third-order valence-corrected chi connectivity index (χ3v) is 5.60. The number of piperidine rings is 1. The van der Waals surface area contributed by atoms with E-state index in [-0.39, 0.29) is 35.1 Å². The molecule has 0 saturated carbocycles. The summed E-state index contributed by atoms with van der Waals surface area (Å²) in [5, 5.41) is 6.87. The highest BCUT2D eigenvalue weighted by molar-refractivity contribution is 14.0. The lowest BCUT2D eigenvalue weighted by Crippen LogP contribution is -2.52. The molecule has 6 nitrogen and oxygen atoms in total. The summed E-state index contributed by atoms with van der Waals surface area (Å²) in [5.74, 6) is 0.885. The normalized spacial score (nSPS) is 21.8. The fourth-order valence-corrected chi connectivity index (χ4v) is 3.65. The predicted molar refractivity (Wildman–Crippen MR) is 119 cm³/mol. The van der Waals surface area contributed by atoms with E-state index in [4.69, 9.17) is 14.5 Å². The molecule has 0 amide bonds. The Morgan fingerprint density at radius 1 is 1.15 bits per heavy atom. The number of halogens is 1. The molecule has 0 aromatic heterocycles.